The largest absolute Gasteiger partial charge is 0.375 e. The Labute approximate surface area is 110 Å². The molecule has 0 aromatic carbocycles. The van der Waals surface area contributed by atoms with Crippen LogP contribution in [0.5, 0.6) is 0 Å². The number of amides is 1. The molecule has 0 saturated carbocycles. The number of methoxy groups -OCH3 is 1. The number of allylic oxidation sites excluding steroid dienone is 4. The Morgan fingerprint density at radius 3 is 2.67 bits per heavy atom. The summed E-state index contributed by atoms with van der Waals surface area (Å²) in [6.07, 6.45) is 11.1. The molecule has 2 unspecified atom stereocenters. The number of carbonyl (C=O) groups is 1. The van der Waals surface area contributed by atoms with Crippen LogP contribution in [0.3, 0.4) is 0 Å². The molecule has 1 aliphatic rings. The first-order valence-electron chi connectivity index (χ1n) is 6.39. The number of carbonyl (C=O) groups excluding carboxylic acids is 1. The van der Waals surface area contributed by atoms with Crippen LogP contribution in [0.2, 0.25) is 0 Å². The van der Waals surface area contributed by atoms with E-state index in [2.05, 4.69) is 37.4 Å². The number of hydrogen-bond acceptors (Lipinski definition) is 2. The van der Waals surface area contributed by atoms with Gasteiger partial charge in [-0.05, 0) is 17.9 Å². The summed E-state index contributed by atoms with van der Waals surface area (Å²) < 4.78 is 5.61. The van der Waals surface area contributed by atoms with Crippen molar-refractivity contribution in [3.8, 4) is 0 Å². The van der Waals surface area contributed by atoms with Gasteiger partial charge in [0, 0.05) is 14.0 Å². The lowest BCUT2D eigenvalue weighted by molar-refractivity contribution is -0.120. The van der Waals surface area contributed by atoms with Crippen LogP contribution < -0.4 is 5.32 Å². The van der Waals surface area contributed by atoms with Crippen molar-refractivity contribution in [1.29, 1.82) is 0 Å². The second-order valence-electron chi connectivity index (χ2n) is 4.85. The van der Waals surface area contributed by atoms with Gasteiger partial charge in [0.25, 0.3) is 0 Å². The SMILES string of the molecule is COC(C1=CCC=CC=C1)C(NC(C)=O)C(C)C. The molecule has 0 bridgehead atoms. The van der Waals surface area contributed by atoms with Crippen molar-refractivity contribution in [3.05, 3.63) is 36.0 Å². The molecule has 1 amide bonds. The van der Waals surface area contributed by atoms with Crippen LogP contribution in [-0.2, 0) is 9.53 Å². The molecule has 1 aliphatic carbocycles. The molecule has 0 saturated heterocycles. The molecule has 0 spiro atoms. The average molecular weight is 249 g/mol. The third-order valence-electron chi connectivity index (χ3n) is 3.02. The zero-order valence-electron chi connectivity index (χ0n) is 11.6. The van der Waals surface area contributed by atoms with E-state index < -0.39 is 0 Å². The molecule has 18 heavy (non-hydrogen) atoms. The Hall–Kier alpha value is -1.35. The Kier molecular flexibility index (Phi) is 5.86. The maximum absolute atomic E-state index is 11.3. The summed E-state index contributed by atoms with van der Waals surface area (Å²) >= 11 is 0. The minimum absolute atomic E-state index is 0.0125. The van der Waals surface area contributed by atoms with Gasteiger partial charge in [-0.3, -0.25) is 4.79 Å². The lowest BCUT2D eigenvalue weighted by Gasteiger charge is -2.30. The second kappa shape index (κ2) is 7.17. The molecule has 3 nitrogen and oxygen atoms in total. The van der Waals surface area contributed by atoms with E-state index in [-0.39, 0.29) is 18.1 Å². The van der Waals surface area contributed by atoms with Gasteiger partial charge in [-0.2, -0.15) is 0 Å². The third-order valence-corrected chi connectivity index (χ3v) is 3.02. The van der Waals surface area contributed by atoms with Crippen molar-refractivity contribution in [1.82, 2.24) is 5.32 Å². The highest BCUT2D eigenvalue weighted by Crippen LogP contribution is 2.20. The highest BCUT2D eigenvalue weighted by Gasteiger charge is 2.27. The monoisotopic (exact) mass is 249 g/mol. The minimum Gasteiger partial charge on any atom is -0.375 e. The predicted octanol–water partition coefficient (Wildman–Crippen LogP) is 2.60. The summed E-state index contributed by atoms with van der Waals surface area (Å²) in [5.74, 6) is 0.288. The van der Waals surface area contributed by atoms with E-state index in [1.54, 1.807) is 14.0 Å². The van der Waals surface area contributed by atoms with Gasteiger partial charge in [-0.1, -0.05) is 44.2 Å². The van der Waals surface area contributed by atoms with Crippen LogP contribution in [0.15, 0.2) is 36.0 Å². The Balaban J connectivity index is 2.91. The first-order chi connectivity index (χ1) is 8.56. The predicted molar refractivity (Wildman–Crippen MR) is 74.2 cm³/mol. The van der Waals surface area contributed by atoms with Crippen LogP contribution in [0.1, 0.15) is 27.2 Å². The standard InChI is InChI=1S/C15H23NO2/c1-11(2)14(16-12(3)17)15(18-4)13-9-7-5-6-8-10-13/h5-7,9-11,14-15H,8H2,1-4H3,(H,16,17). The lowest BCUT2D eigenvalue weighted by atomic mass is 9.92. The highest BCUT2D eigenvalue weighted by molar-refractivity contribution is 5.73. The van der Waals surface area contributed by atoms with Gasteiger partial charge in [0.15, 0.2) is 0 Å². The van der Waals surface area contributed by atoms with Gasteiger partial charge >= 0.3 is 0 Å². The maximum Gasteiger partial charge on any atom is 0.217 e. The van der Waals surface area contributed by atoms with Gasteiger partial charge in [-0.25, -0.2) is 0 Å². The van der Waals surface area contributed by atoms with Gasteiger partial charge in [-0.15, -0.1) is 0 Å². The summed E-state index contributed by atoms with van der Waals surface area (Å²) in [6.45, 7) is 5.72. The Morgan fingerprint density at radius 2 is 2.11 bits per heavy atom. The summed E-state index contributed by atoms with van der Waals surface area (Å²) in [5, 5.41) is 2.99. The fraction of sp³-hybridized carbons (Fsp3) is 0.533. The van der Waals surface area contributed by atoms with E-state index >= 15 is 0 Å². The van der Waals surface area contributed by atoms with E-state index in [0.29, 0.717) is 5.92 Å². The van der Waals surface area contributed by atoms with Crippen molar-refractivity contribution < 1.29 is 9.53 Å². The third kappa shape index (κ3) is 4.15. The molecule has 2 atom stereocenters. The van der Waals surface area contributed by atoms with Crippen molar-refractivity contribution in [2.24, 2.45) is 5.92 Å². The first-order valence-corrected chi connectivity index (χ1v) is 6.39. The van der Waals surface area contributed by atoms with Crippen molar-refractivity contribution in [2.75, 3.05) is 7.11 Å². The van der Waals surface area contributed by atoms with E-state index in [4.69, 9.17) is 4.74 Å². The Morgan fingerprint density at radius 1 is 1.39 bits per heavy atom. The summed E-state index contributed by atoms with van der Waals surface area (Å²) in [7, 11) is 1.69. The summed E-state index contributed by atoms with van der Waals surface area (Å²) in [4.78, 5) is 11.3. The fourth-order valence-electron chi connectivity index (χ4n) is 2.12. The van der Waals surface area contributed by atoms with E-state index in [0.717, 1.165) is 12.0 Å². The van der Waals surface area contributed by atoms with Gasteiger partial charge in [0.2, 0.25) is 5.91 Å². The molecule has 1 rings (SSSR count). The quantitative estimate of drug-likeness (QED) is 0.813. The maximum atomic E-state index is 11.3. The molecule has 0 radical (unpaired) electrons. The van der Waals surface area contributed by atoms with Crippen molar-refractivity contribution in [3.63, 3.8) is 0 Å². The number of nitrogens with one attached hydrogen (secondary N) is 1. The van der Waals surface area contributed by atoms with Crippen LogP contribution >= 0.6 is 0 Å². The average Bonchev–Trinajstić information content (AvgIpc) is 2.57. The van der Waals surface area contributed by atoms with Crippen LogP contribution in [-0.4, -0.2) is 25.2 Å². The first kappa shape index (κ1) is 14.7. The molecular formula is C15H23NO2. The summed E-state index contributed by atoms with van der Waals surface area (Å²) in [5.41, 5.74) is 1.12. The minimum atomic E-state index is -0.106. The van der Waals surface area contributed by atoms with Gasteiger partial charge in [0.1, 0.15) is 6.10 Å². The van der Waals surface area contributed by atoms with Gasteiger partial charge in [0.05, 0.1) is 6.04 Å². The molecule has 0 aromatic heterocycles. The van der Waals surface area contributed by atoms with Crippen molar-refractivity contribution >= 4 is 5.91 Å². The topological polar surface area (TPSA) is 38.3 Å². The molecule has 0 aromatic rings. The molecular weight excluding hydrogens is 226 g/mol. The van der Waals surface area contributed by atoms with Crippen LogP contribution in [0.25, 0.3) is 0 Å². The van der Waals surface area contributed by atoms with Crippen molar-refractivity contribution in [2.45, 2.75) is 39.3 Å². The zero-order valence-corrected chi connectivity index (χ0v) is 11.6. The molecule has 3 heteroatoms. The lowest BCUT2D eigenvalue weighted by Crippen LogP contribution is -2.47. The van der Waals surface area contributed by atoms with Crippen LogP contribution in [0.4, 0.5) is 0 Å². The number of rotatable bonds is 5. The Bertz CT molecular complexity index is 367. The number of ether oxygens (including phenoxy) is 1. The van der Waals surface area contributed by atoms with E-state index in [1.807, 2.05) is 12.2 Å². The smallest absolute Gasteiger partial charge is 0.217 e. The molecule has 0 aliphatic heterocycles. The summed E-state index contributed by atoms with van der Waals surface area (Å²) in [6, 6.07) is -0.0125. The molecule has 1 N–H and O–H groups in total. The van der Waals surface area contributed by atoms with E-state index in [9.17, 15) is 4.79 Å². The number of hydrogen-bond donors (Lipinski definition) is 1. The molecule has 0 fully saturated rings. The van der Waals surface area contributed by atoms with Crippen LogP contribution in [0, 0.1) is 5.92 Å². The van der Waals surface area contributed by atoms with E-state index in [1.165, 1.54) is 0 Å². The molecule has 100 valence electrons. The molecule has 0 heterocycles. The second-order valence-corrected chi connectivity index (χ2v) is 4.85. The van der Waals surface area contributed by atoms with Gasteiger partial charge < -0.3 is 10.1 Å². The normalized spacial score (nSPS) is 18.2. The highest BCUT2D eigenvalue weighted by atomic mass is 16.5. The fourth-order valence-corrected chi connectivity index (χ4v) is 2.12. The zero-order chi connectivity index (χ0) is 13.5.